The highest BCUT2D eigenvalue weighted by atomic mass is 15.2. The van der Waals surface area contributed by atoms with Gasteiger partial charge in [-0.25, -0.2) is 0 Å². The molecule has 0 amide bonds. The van der Waals surface area contributed by atoms with Crippen LogP contribution in [-0.4, -0.2) is 36.6 Å². The fourth-order valence-corrected chi connectivity index (χ4v) is 3.50. The number of nitrogens with one attached hydrogen (secondary N) is 1. The third-order valence-corrected chi connectivity index (χ3v) is 4.49. The van der Waals surface area contributed by atoms with E-state index < -0.39 is 0 Å². The highest BCUT2D eigenvalue weighted by molar-refractivity contribution is 4.82. The SMILES string of the molecule is CCCC1CCCCN1CC1CCCCCN1. The molecule has 2 heterocycles. The summed E-state index contributed by atoms with van der Waals surface area (Å²) in [6.45, 7) is 6.24. The first-order valence-electron chi connectivity index (χ1n) is 7.87. The van der Waals surface area contributed by atoms with Crippen LogP contribution < -0.4 is 5.32 Å². The van der Waals surface area contributed by atoms with Gasteiger partial charge in [0.25, 0.3) is 0 Å². The van der Waals surface area contributed by atoms with Crippen LogP contribution in [0.4, 0.5) is 0 Å². The zero-order chi connectivity index (χ0) is 11.9. The number of nitrogens with zero attached hydrogens (tertiary/aromatic N) is 1. The molecule has 2 atom stereocenters. The van der Waals surface area contributed by atoms with Crippen molar-refractivity contribution in [1.29, 1.82) is 0 Å². The monoisotopic (exact) mass is 238 g/mol. The predicted molar refractivity (Wildman–Crippen MR) is 74.4 cm³/mol. The first-order valence-corrected chi connectivity index (χ1v) is 7.87. The summed E-state index contributed by atoms with van der Waals surface area (Å²) in [5, 5.41) is 3.75. The Morgan fingerprint density at radius 3 is 2.82 bits per heavy atom. The lowest BCUT2D eigenvalue weighted by atomic mass is 9.97. The van der Waals surface area contributed by atoms with E-state index in [-0.39, 0.29) is 0 Å². The van der Waals surface area contributed by atoms with Gasteiger partial charge in [0, 0.05) is 18.6 Å². The Balaban J connectivity index is 1.81. The molecule has 0 aromatic carbocycles. The molecule has 2 aliphatic heterocycles. The van der Waals surface area contributed by atoms with Gasteiger partial charge in [0.1, 0.15) is 0 Å². The van der Waals surface area contributed by atoms with Crippen molar-refractivity contribution in [3.8, 4) is 0 Å². The highest BCUT2D eigenvalue weighted by Gasteiger charge is 2.24. The van der Waals surface area contributed by atoms with Gasteiger partial charge in [-0.05, 0) is 45.2 Å². The Bertz CT molecular complexity index is 195. The van der Waals surface area contributed by atoms with Crippen LogP contribution in [0.3, 0.4) is 0 Å². The summed E-state index contributed by atoms with van der Waals surface area (Å²) in [6, 6.07) is 1.66. The van der Waals surface area contributed by atoms with Crippen LogP contribution in [-0.2, 0) is 0 Å². The number of hydrogen-bond acceptors (Lipinski definition) is 2. The van der Waals surface area contributed by atoms with Crippen molar-refractivity contribution in [2.24, 2.45) is 0 Å². The van der Waals surface area contributed by atoms with Crippen LogP contribution in [0.15, 0.2) is 0 Å². The topological polar surface area (TPSA) is 15.3 Å². The molecule has 2 fully saturated rings. The van der Waals surface area contributed by atoms with E-state index in [0.29, 0.717) is 0 Å². The maximum atomic E-state index is 3.75. The Morgan fingerprint density at radius 1 is 1.06 bits per heavy atom. The predicted octanol–water partition coefficient (Wildman–Crippen LogP) is 3.17. The van der Waals surface area contributed by atoms with Crippen molar-refractivity contribution >= 4 is 0 Å². The third-order valence-electron chi connectivity index (χ3n) is 4.49. The molecule has 2 nitrogen and oxygen atoms in total. The summed E-state index contributed by atoms with van der Waals surface area (Å²) in [7, 11) is 0. The normalized spacial score (nSPS) is 32.3. The average molecular weight is 238 g/mol. The van der Waals surface area contributed by atoms with Crippen LogP contribution in [0.25, 0.3) is 0 Å². The van der Waals surface area contributed by atoms with Crippen molar-refractivity contribution in [2.75, 3.05) is 19.6 Å². The Labute approximate surface area is 107 Å². The van der Waals surface area contributed by atoms with Gasteiger partial charge in [0.05, 0.1) is 0 Å². The Hall–Kier alpha value is -0.0800. The highest BCUT2D eigenvalue weighted by Crippen LogP contribution is 2.22. The van der Waals surface area contributed by atoms with Crippen LogP contribution in [0, 0.1) is 0 Å². The number of rotatable bonds is 4. The summed E-state index contributed by atoms with van der Waals surface area (Å²) in [5.74, 6) is 0. The molecular weight excluding hydrogens is 208 g/mol. The van der Waals surface area contributed by atoms with E-state index in [0.717, 1.165) is 12.1 Å². The lowest BCUT2D eigenvalue weighted by molar-refractivity contribution is 0.124. The molecule has 1 N–H and O–H groups in total. The van der Waals surface area contributed by atoms with E-state index in [1.165, 1.54) is 77.4 Å². The molecule has 0 aromatic rings. The smallest absolute Gasteiger partial charge is 0.0195 e. The average Bonchev–Trinajstić information content (AvgIpc) is 2.61. The minimum absolute atomic E-state index is 0.773. The molecule has 17 heavy (non-hydrogen) atoms. The van der Waals surface area contributed by atoms with Crippen molar-refractivity contribution < 1.29 is 0 Å². The molecule has 2 aliphatic rings. The van der Waals surface area contributed by atoms with Gasteiger partial charge in [0.2, 0.25) is 0 Å². The van der Waals surface area contributed by atoms with E-state index in [1.807, 2.05) is 0 Å². The van der Waals surface area contributed by atoms with E-state index >= 15 is 0 Å². The molecule has 2 saturated heterocycles. The van der Waals surface area contributed by atoms with Crippen molar-refractivity contribution in [3.05, 3.63) is 0 Å². The molecule has 2 rings (SSSR count). The van der Waals surface area contributed by atoms with Crippen LogP contribution in [0.5, 0.6) is 0 Å². The summed E-state index contributed by atoms with van der Waals surface area (Å²) in [4.78, 5) is 2.79. The van der Waals surface area contributed by atoms with Crippen LogP contribution in [0.1, 0.15) is 64.7 Å². The second kappa shape index (κ2) is 7.38. The van der Waals surface area contributed by atoms with E-state index in [2.05, 4.69) is 17.1 Å². The fraction of sp³-hybridized carbons (Fsp3) is 1.00. The maximum Gasteiger partial charge on any atom is 0.0195 e. The summed E-state index contributed by atoms with van der Waals surface area (Å²) in [6.07, 6.45) is 12.7. The summed E-state index contributed by atoms with van der Waals surface area (Å²) >= 11 is 0. The van der Waals surface area contributed by atoms with Gasteiger partial charge in [-0.3, -0.25) is 4.90 Å². The molecular formula is C15H30N2. The molecule has 0 aromatic heterocycles. The van der Waals surface area contributed by atoms with Crippen molar-refractivity contribution in [1.82, 2.24) is 10.2 Å². The lowest BCUT2D eigenvalue weighted by Crippen LogP contribution is -2.47. The van der Waals surface area contributed by atoms with Gasteiger partial charge >= 0.3 is 0 Å². The molecule has 0 saturated carbocycles. The largest absolute Gasteiger partial charge is 0.313 e. The third kappa shape index (κ3) is 4.26. The minimum atomic E-state index is 0.773. The molecule has 100 valence electrons. The fourth-order valence-electron chi connectivity index (χ4n) is 3.50. The molecule has 2 unspecified atom stereocenters. The number of likely N-dealkylation sites (tertiary alicyclic amines) is 1. The lowest BCUT2D eigenvalue weighted by Gasteiger charge is -2.38. The standard InChI is InChI=1S/C15H30N2/c1-2-8-15-10-5-7-12-17(15)13-14-9-4-3-6-11-16-14/h14-16H,2-13H2,1H3. The zero-order valence-electron chi connectivity index (χ0n) is 11.6. The van der Waals surface area contributed by atoms with E-state index in [1.54, 1.807) is 0 Å². The Kier molecular flexibility index (Phi) is 5.79. The van der Waals surface area contributed by atoms with E-state index in [4.69, 9.17) is 0 Å². The second-order valence-electron chi connectivity index (χ2n) is 5.93. The van der Waals surface area contributed by atoms with Crippen LogP contribution in [0.2, 0.25) is 0 Å². The Morgan fingerprint density at radius 2 is 1.94 bits per heavy atom. The minimum Gasteiger partial charge on any atom is -0.313 e. The molecule has 0 aliphatic carbocycles. The molecule has 0 radical (unpaired) electrons. The van der Waals surface area contributed by atoms with Gasteiger partial charge in [-0.2, -0.15) is 0 Å². The van der Waals surface area contributed by atoms with Crippen molar-refractivity contribution in [3.63, 3.8) is 0 Å². The van der Waals surface area contributed by atoms with Gasteiger partial charge < -0.3 is 5.32 Å². The number of piperidine rings is 1. The summed E-state index contributed by atoms with van der Waals surface area (Å²) in [5.41, 5.74) is 0. The maximum absolute atomic E-state index is 3.75. The second-order valence-corrected chi connectivity index (χ2v) is 5.93. The van der Waals surface area contributed by atoms with Crippen molar-refractivity contribution in [2.45, 2.75) is 76.8 Å². The quantitative estimate of drug-likeness (QED) is 0.809. The number of hydrogen-bond donors (Lipinski definition) is 1. The zero-order valence-corrected chi connectivity index (χ0v) is 11.6. The molecule has 0 bridgehead atoms. The van der Waals surface area contributed by atoms with Gasteiger partial charge in [-0.15, -0.1) is 0 Å². The van der Waals surface area contributed by atoms with Gasteiger partial charge in [0.15, 0.2) is 0 Å². The first-order chi connectivity index (χ1) is 8.40. The van der Waals surface area contributed by atoms with Crippen LogP contribution >= 0.6 is 0 Å². The molecule has 2 heteroatoms. The first kappa shape index (κ1) is 13.4. The summed E-state index contributed by atoms with van der Waals surface area (Å²) < 4.78 is 0. The van der Waals surface area contributed by atoms with E-state index in [9.17, 15) is 0 Å². The van der Waals surface area contributed by atoms with Gasteiger partial charge in [-0.1, -0.05) is 32.6 Å². The molecule has 0 spiro atoms.